The quantitative estimate of drug-likeness (QED) is 0.269. The Morgan fingerprint density at radius 1 is 0.707 bits per heavy atom. The number of carbonyl (C=O) groups excluding carboxylic acids is 2. The van der Waals surface area contributed by atoms with Gasteiger partial charge in [-0.1, -0.05) is 72.8 Å². The first-order valence-electron chi connectivity index (χ1n) is 12.8. The molecule has 0 radical (unpaired) electrons. The van der Waals surface area contributed by atoms with Crippen molar-refractivity contribution < 1.29 is 22.7 Å². The summed E-state index contributed by atoms with van der Waals surface area (Å²) in [6.07, 6.45) is 0. The zero-order valence-electron chi connectivity index (χ0n) is 21.8. The molecule has 5 aromatic carbocycles. The van der Waals surface area contributed by atoms with Gasteiger partial charge in [-0.2, -0.15) is 0 Å². The topological polar surface area (TPSA) is 134 Å². The first kappa shape index (κ1) is 26.1. The number of sulfone groups is 1. The van der Waals surface area contributed by atoms with E-state index >= 15 is 0 Å². The average Bonchev–Trinajstić information content (AvgIpc) is 3.29. The maximum absolute atomic E-state index is 13.6. The smallest absolute Gasteiger partial charge is 0.250 e. The zero-order chi connectivity index (χ0) is 28.7. The van der Waals surface area contributed by atoms with Crippen molar-refractivity contribution in [3.05, 3.63) is 120 Å². The number of nitrogens with zero attached hydrogens (tertiary/aromatic N) is 1. The van der Waals surface area contributed by atoms with Crippen molar-refractivity contribution in [2.75, 3.05) is 5.94 Å². The first-order chi connectivity index (χ1) is 19.8. The van der Waals surface area contributed by atoms with Gasteiger partial charge in [0.1, 0.15) is 5.75 Å². The van der Waals surface area contributed by atoms with E-state index in [1.54, 1.807) is 54.6 Å². The van der Waals surface area contributed by atoms with Crippen molar-refractivity contribution in [3.63, 3.8) is 0 Å². The first-order valence-corrected chi connectivity index (χ1v) is 14.5. The van der Waals surface area contributed by atoms with Crippen molar-refractivity contribution in [2.24, 2.45) is 11.5 Å². The van der Waals surface area contributed by atoms with E-state index in [-0.39, 0.29) is 16.2 Å². The number of ether oxygens (including phenoxy) is 1. The minimum Gasteiger partial charge on any atom is -0.477 e. The molecule has 0 saturated carbocycles. The van der Waals surface area contributed by atoms with E-state index in [9.17, 15) is 18.0 Å². The molecule has 0 fully saturated rings. The number of hydrogen-bond donors (Lipinski definition) is 2. The predicted octanol–water partition coefficient (Wildman–Crippen LogP) is 5.00. The second kappa shape index (κ2) is 10.1. The van der Waals surface area contributed by atoms with Crippen molar-refractivity contribution in [3.8, 4) is 5.75 Å². The van der Waals surface area contributed by atoms with Crippen LogP contribution in [-0.4, -0.2) is 30.7 Å². The molecule has 2 amide bonds. The fraction of sp³-hybridized carbons (Fsp3) is 0.0625. The van der Waals surface area contributed by atoms with Crippen molar-refractivity contribution in [1.82, 2.24) is 4.57 Å². The minimum absolute atomic E-state index is 0.0830. The van der Waals surface area contributed by atoms with Crippen LogP contribution in [0.5, 0.6) is 5.75 Å². The SMILES string of the molecule is NC(=O)c1c(S(=O)(=O)COc2cccc3c2c2c(C(N)=O)cccc2n3Cc2ccccc2)ccc2ccccc12. The number of amides is 2. The maximum Gasteiger partial charge on any atom is 0.250 e. The number of rotatable bonds is 8. The van der Waals surface area contributed by atoms with Gasteiger partial charge in [0.2, 0.25) is 15.7 Å². The lowest BCUT2D eigenvalue weighted by atomic mass is 10.0. The average molecular weight is 564 g/mol. The van der Waals surface area contributed by atoms with E-state index < -0.39 is 27.6 Å². The molecule has 0 aliphatic carbocycles. The molecule has 41 heavy (non-hydrogen) atoms. The summed E-state index contributed by atoms with van der Waals surface area (Å²) in [6.45, 7) is 0.504. The molecular weight excluding hydrogens is 538 g/mol. The molecule has 0 saturated heterocycles. The highest BCUT2D eigenvalue weighted by Crippen LogP contribution is 2.38. The van der Waals surface area contributed by atoms with Gasteiger partial charge >= 0.3 is 0 Å². The summed E-state index contributed by atoms with van der Waals surface area (Å²) in [6, 6.07) is 30.4. The number of fused-ring (bicyclic) bond motifs is 4. The van der Waals surface area contributed by atoms with Gasteiger partial charge in [-0.15, -0.1) is 0 Å². The van der Waals surface area contributed by atoms with Crippen LogP contribution in [0.15, 0.2) is 108 Å². The summed E-state index contributed by atoms with van der Waals surface area (Å²) in [5.74, 6) is -1.95. The lowest BCUT2D eigenvalue weighted by molar-refractivity contribution is 0.0992. The summed E-state index contributed by atoms with van der Waals surface area (Å²) in [5.41, 5.74) is 14.2. The summed E-state index contributed by atoms with van der Waals surface area (Å²) in [4.78, 5) is 24.7. The third-order valence-corrected chi connectivity index (χ3v) is 8.61. The number of primary amides is 2. The second-order valence-electron chi connectivity index (χ2n) is 9.69. The van der Waals surface area contributed by atoms with Gasteiger partial charge in [0.05, 0.1) is 26.9 Å². The number of benzene rings is 5. The molecule has 4 N–H and O–H groups in total. The fourth-order valence-electron chi connectivity index (χ4n) is 5.38. The highest BCUT2D eigenvalue weighted by Gasteiger charge is 2.26. The number of nitrogens with two attached hydrogens (primary N) is 2. The van der Waals surface area contributed by atoms with Crippen LogP contribution in [0.4, 0.5) is 0 Å². The molecule has 0 atom stereocenters. The molecule has 0 aliphatic heterocycles. The van der Waals surface area contributed by atoms with Gasteiger partial charge in [0.15, 0.2) is 5.94 Å². The lowest BCUT2D eigenvalue weighted by Crippen LogP contribution is -2.20. The Balaban J connectivity index is 1.48. The fourth-order valence-corrected chi connectivity index (χ4v) is 6.59. The van der Waals surface area contributed by atoms with Crippen LogP contribution in [0.25, 0.3) is 32.6 Å². The van der Waals surface area contributed by atoms with Crippen LogP contribution in [0, 0.1) is 0 Å². The van der Waals surface area contributed by atoms with Crippen molar-refractivity contribution >= 4 is 54.2 Å². The maximum atomic E-state index is 13.6. The van der Waals surface area contributed by atoms with E-state index in [2.05, 4.69) is 0 Å². The van der Waals surface area contributed by atoms with Crippen molar-refractivity contribution in [2.45, 2.75) is 11.4 Å². The van der Waals surface area contributed by atoms with E-state index in [1.165, 1.54) is 6.07 Å². The van der Waals surface area contributed by atoms with E-state index in [0.29, 0.717) is 33.7 Å². The number of carbonyl (C=O) groups is 2. The summed E-state index contributed by atoms with van der Waals surface area (Å²) in [7, 11) is -4.14. The Labute approximate surface area is 235 Å². The molecule has 1 heterocycles. The van der Waals surface area contributed by atoms with Gasteiger partial charge in [0.25, 0.3) is 5.91 Å². The highest BCUT2D eigenvalue weighted by atomic mass is 32.2. The zero-order valence-corrected chi connectivity index (χ0v) is 22.6. The molecule has 0 unspecified atom stereocenters. The number of hydrogen-bond acceptors (Lipinski definition) is 5. The molecule has 204 valence electrons. The number of aromatic nitrogens is 1. The van der Waals surface area contributed by atoms with Crippen LogP contribution in [0.1, 0.15) is 26.3 Å². The van der Waals surface area contributed by atoms with Gasteiger partial charge < -0.3 is 20.8 Å². The molecule has 9 heteroatoms. The van der Waals surface area contributed by atoms with Crippen LogP contribution in [-0.2, 0) is 16.4 Å². The van der Waals surface area contributed by atoms with Crippen LogP contribution < -0.4 is 16.2 Å². The Kier molecular flexibility index (Phi) is 6.43. The third kappa shape index (κ3) is 4.56. The van der Waals surface area contributed by atoms with Crippen LogP contribution >= 0.6 is 0 Å². The third-order valence-electron chi connectivity index (χ3n) is 7.17. The Morgan fingerprint density at radius 3 is 2.12 bits per heavy atom. The Morgan fingerprint density at radius 2 is 1.39 bits per heavy atom. The van der Waals surface area contributed by atoms with Gasteiger partial charge in [-0.3, -0.25) is 9.59 Å². The lowest BCUT2D eigenvalue weighted by Gasteiger charge is -2.13. The molecule has 0 spiro atoms. The largest absolute Gasteiger partial charge is 0.477 e. The molecule has 0 bridgehead atoms. The van der Waals surface area contributed by atoms with Crippen LogP contribution in [0.3, 0.4) is 0 Å². The van der Waals surface area contributed by atoms with Gasteiger partial charge in [-0.25, -0.2) is 8.42 Å². The molecule has 0 aliphatic rings. The molecular formula is C32H25N3O5S. The van der Waals surface area contributed by atoms with Crippen molar-refractivity contribution in [1.29, 1.82) is 0 Å². The summed E-state index contributed by atoms with van der Waals surface area (Å²) < 4.78 is 35.2. The standard InChI is InChI=1S/C32H25N3O5S/c33-31(36)23-12-6-13-24-28(23)30-25(35(24)18-20-8-2-1-3-9-20)14-7-15-26(30)40-19-41(38,39)27-17-16-21-10-4-5-11-22(21)29(27)32(34)37/h1-17H,18-19H2,(H2,33,36)(H2,34,37). The van der Waals surface area contributed by atoms with Crippen LogP contribution in [0.2, 0.25) is 0 Å². The highest BCUT2D eigenvalue weighted by molar-refractivity contribution is 7.91. The monoisotopic (exact) mass is 563 g/mol. The second-order valence-corrected chi connectivity index (χ2v) is 11.6. The predicted molar refractivity (Wildman–Crippen MR) is 159 cm³/mol. The normalized spacial score (nSPS) is 11.7. The van der Waals surface area contributed by atoms with E-state index in [0.717, 1.165) is 16.6 Å². The van der Waals surface area contributed by atoms with Gasteiger partial charge in [0, 0.05) is 17.5 Å². The molecule has 6 rings (SSSR count). The van der Waals surface area contributed by atoms with Gasteiger partial charge in [-0.05, 0) is 46.7 Å². The minimum atomic E-state index is -4.14. The molecule has 1 aromatic heterocycles. The summed E-state index contributed by atoms with van der Waals surface area (Å²) >= 11 is 0. The Hall–Kier alpha value is -5.15. The molecule has 6 aromatic rings. The van der Waals surface area contributed by atoms with E-state index in [4.69, 9.17) is 16.2 Å². The Bertz CT molecular complexity index is 2100. The summed E-state index contributed by atoms with van der Waals surface area (Å²) in [5, 5.41) is 2.27. The van der Waals surface area contributed by atoms with E-state index in [1.807, 2.05) is 47.0 Å². The molecule has 8 nitrogen and oxygen atoms in total.